The molecule has 0 fully saturated rings. The highest BCUT2D eigenvalue weighted by molar-refractivity contribution is 6.17. The largest absolute Gasteiger partial charge is 0.456 e. The number of carbonyl (C=O) groups excluding carboxylic acids is 2. The molecule has 0 aromatic heterocycles. The number of alkyl halides is 1. The van der Waals surface area contributed by atoms with Crippen LogP contribution in [0.15, 0.2) is 48.5 Å². The maximum atomic E-state index is 13.2. The standard InChI is InChI=1S/C23H28ClNO3/c1-16(2)25(21(26)19-12-8-6-10-17(19)14-24)15-18-11-7-9-13-20(18)22(27)28-23(3,4)5/h6-13,16H,14-15H2,1-5H3. The minimum absolute atomic E-state index is 0.0532. The van der Waals surface area contributed by atoms with Crippen LogP contribution in [0.25, 0.3) is 0 Å². The van der Waals surface area contributed by atoms with Crippen LogP contribution < -0.4 is 0 Å². The van der Waals surface area contributed by atoms with Crippen molar-refractivity contribution in [3.8, 4) is 0 Å². The second-order valence-corrected chi connectivity index (χ2v) is 8.24. The Kier molecular flexibility index (Phi) is 7.25. The van der Waals surface area contributed by atoms with Gasteiger partial charge in [0.15, 0.2) is 0 Å². The summed E-state index contributed by atoms with van der Waals surface area (Å²) in [5, 5.41) is 0. The summed E-state index contributed by atoms with van der Waals surface area (Å²) in [4.78, 5) is 27.6. The van der Waals surface area contributed by atoms with Crippen LogP contribution in [0.2, 0.25) is 0 Å². The van der Waals surface area contributed by atoms with Gasteiger partial charge in [0.1, 0.15) is 5.60 Å². The van der Waals surface area contributed by atoms with E-state index in [0.29, 0.717) is 17.7 Å². The van der Waals surface area contributed by atoms with Gasteiger partial charge in [0, 0.05) is 24.0 Å². The highest BCUT2D eigenvalue weighted by Gasteiger charge is 2.25. The molecule has 2 rings (SSSR count). The average molecular weight is 402 g/mol. The molecule has 0 saturated carbocycles. The van der Waals surface area contributed by atoms with Gasteiger partial charge in [-0.2, -0.15) is 0 Å². The van der Waals surface area contributed by atoms with Crippen molar-refractivity contribution in [3.05, 3.63) is 70.8 Å². The Morgan fingerprint density at radius 2 is 1.50 bits per heavy atom. The van der Waals surface area contributed by atoms with Gasteiger partial charge >= 0.3 is 5.97 Å². The van der Waals surface area contributed by atoms with E-state index in [-0.39, 0.29) is 23.8 Å². The van der Waals surface area contributed by atoms with Crippen molar-refractivity contribution in [2.45, 2.75) is 58.7 Å². The molecule has 0 N–H and O–H groups in total. The van der Waals surface area contributed by atoms with E-state index in [1.54, 1.807) is 23.1 Å². The highest BCUT2D eigenvalue weighted by Crippen LogP contribution is 2.21. The van der Waals surface area contributed by atoms with Crippen LogP contribution in [0.1, 0.15) is 66.5 Å². The fourth-order valence-corrected chi connectivity index (χ4v) is 3.10. The molecule has 2 aromatic rings. The first-order valence-electron chi connectivity index (χ1n) is 9.40. The van der Waals surface area contributed by atoms with Crippen molar-refractivity contribution in [1.82, 2.24) is 4.90 Å². The number of hydrogen-bond acceptors (Lipinski definition) is 3. The fourth-order valence-electron chi connectivity index (χ4n) is 2.86. The first kappa shape index (κ1) is 22.0. The molecule has 0 heterocycles. The van der Waals surface area contributed by atoms with Crippen LogP contribution in [0.4, 0.5) is 0 Å². The number of ether oxygens (including phenoxy) is 1. The lowest BCUT2D eigenvalue weighted by Gasteiger charge is -2.29. The lowest BCUT2D eigenvalue weighted by molar-refractivity contribution is 0.00664. The monoisotopic (exact) mass is 401 g/mol. The van der Waals surface area contributed by atoms with Crippen LogP contribution in [-0.2, 0) is 17.2 Å². The Bertz CT molecular complexity index is 840. The number of carbonyl (C=O) groups is 2. The van der Waals surface area contributed by atoms with E-state index >= 15 is 0 Å². The number of rotatable bonds is 6. The maximum Gasteiger partial charge on any atom is 0.338 e. The average Bonchev–Trinajstić information content (AvgIpc) is 2.64. The van der Waals surface area contributed by atoms with Gasteiger partial charge in [0.05, 0.1) is 5.56 Å². The van der Waals surface area contributed by atoms with E-state index in [1.165, 1.54) is 0 Å². The smallest absolute Gasteiger partial charge is 0.338 e. The van der Waals surface area contributed by atoms with E-state index in [9.17, 15) is 9.59 Å². The predicted molar refractivity (Wildman–Crippen MR) is 113 cm³/mol. The molecule has 4 nitrogen and oxygen atoms in total. The molecule has 0 aliphatic heterocycles. The van der Waals surface area contributed by atoms with Gasteiger partial charge in [0.25, 0.3) is 5.91 Å². The van der Waals surface area contributed by atoms with Crippen LogP contribution >= 0.6 is 11.6 Å². The lowest BCUT2D eigenvalue weighted by Crippen LogP contribution is -2.37. The SMILES string of the molecule is CC(C)N(Cc1ccccc1C(=O)OC(C)(C)C)C(=O)c1ccccc1CCl. The Labute approximate surface area is 172 Å². The summed E-state index contributed by atoms with van der Waals surface area (Å²) in [6, 6.07) is 14.5. The van der Waals surface area contributed by atoms with E-state index in [4.69, 9.17) is 16.3 Å². The molecule has 0 bridgehead atoms. The number of halogens is 1. The summed E-state index contributed by atoms with van der Waals surface area (Å²) in [5.41, 5.74) is 2.02. The molecule has 0 saturated heterocycles. The predicted octanol–water partition coefficient (Wildman–Crippen LogP) is 5.43. The molecule has 0 aliphatic carbocycles. The van der Waals surface area contributed by atoms with Gasteiger partial charge in [-0.1, -0.05) is 36.4 Å². The number of benzene rings is 2. The minimum Gasteiger partial charge on any atom is -0.456 e. The van der Waals surface area contributed by atoms with Crippen molar-refractivity contribution in [3.63, 3.8) is 0 Å². The number of nitrogens with zero attached hydrogens (tertiary/aromatic N) is 1. The van der Waals surface area contributed by atoms with Gasteiger partial charge in [-0.15, -0.1) is 11.6 Å². The Morgan fingerprint density at radius 3 is 2.04 bits per heavy atom. The van der Waals surface area contributed by atoms with Gasteiger partial charge in [0.2, 0.25) is 0 Å². The highest BCUT2D eigenvalue weighted by atomic mass is 35.5. The van der Waals surface area contributed by atoms with Crippen LogP contribution in [0.5, 0.6) is 0 Å². The van der Waals surface area contributed by atoms with Crippen LogP contribution in [0, 0.1) is 0 Å². The fraction of sp³-hybridized carbons (Fsp3) is 0.391. The zero-order valence-corrected chi connectivity index (χ0v) is 17.9. The number of amides is 1. The Balaban J connectivity index is 2.36. The second kappa shape index (κ2) is 9.24. The van der Waals surface area contributed by atoms with E-state index in [0.717, 1.165) is 11.1 Å². The summed E-state index contributed by atoms with van der Waals surface area (Å²) in [6.07, 6.45) is 0. The van der Waals surface area contributed by atoms with Crippen molar-refractivity contribution < 1.29 is 14.3 Å². The second-order valence-electron chi connectivity index (χ2n) is 7.98. The molecule has 0 spiro atoms. The Hall–Kier alpha value is -2.33. The summed E-state index contributed by atoms with van der Waals surface area (Å²) >= 11 is 6.02. The molecule has 0 aliphatic rings. The molecular weight excluding hydrogens is 374 g/mol. The molecule has 1 amide bonds. The van der Waals surface area contributed by atoms with E-state index in [1.807, 2.05) is 65.0 Å². The summed E-state index contributed by atoms with van der Waals surface area (Å²) in [5.74, 6) is -0.229. The molecule has 0 atom stereocenters. The maximum absolute atomic E-state index is 13.2. The van der Waals surface area contributed by atoms with Crippen molar-refractivity contribution in [1.29, 1.82) is 0 Å². The third-order valence-corrected chi connectivity index (χ3v) is 4.54. The van der Waals surface area contributed by atoms with Gasteiger partial charge in [-0.05, 0) is 57.9 Å². The first-order valence-corrected chi connectivity index (χ1v) is 9.93. The van der Waals surface area contributed by atoms with Gasteiger partial charge < -0.3 is 9.64 Å². The summed E-state index contributed by atoms with van der Waals surface area (Å²) in [6.45, 7) is 9.72. The van der Waals surface area contributed by atoms with Crippen molar-refractivity contribution in [2.75, 3.05) is 0 Å². The normalized spacial score (nSPS) is 11.4. The molecular formula is C23H28ClNO3. The molecule has 2 aromatic carbocycles. The first-order chi connectivity index (χ1) is 13.1. The van der Waals surface area contributed by atoms with Crippen molar-refractivity contribution in [2.24, 2.45) is 0 Å². The van der Waals surface area contributed by atoms with E-state index in [2.05, 4.69) is 0 Å². The van der Waals surface area contributed by atoms with Crippen LogP contribution in [-0.4, -0.2) is 28.4 Å². The van der Waals surface area contributed by atoms with E-state index < -0.39 is 5.60 Å². The lowest BCUT2D eigenvalue weighted by atomic mass is 10.0. The topological polar surface area (TPSA) is 46.6 Å². The molecule has 28 heavy (non-hydrogen) atoms. The molecule has 5 heteroatoms. The van der Waals surface area contributed by atoms with Crippen molar-refractivity contribution >= 4 is 23.5 Å². The third kappa shape index (κ3) is 5.59. The zero-order chi connectivity index (χ0) is 20.9. The molecule has 150 valence electrons. The summed E-state index contributed by atoms with van der Waals surface area (Å²) in [7, 11) is 0. The summed E-state index contributed by atoms with van der Waals surface area (Å²) < 4.78 is 5.53. The van der Waals surface area contributed by atoms with Gasteiger partial charge in [-0.25, -0.2) is 4.79 Å². The quantitative estimate of drug-likeness (QED) is 0.478. The molecule has 0 unspecified atom stereocenters. The molecule has 0 radical (unpaired) electrons. The van der Waals surface area contributed by atoms with Gasteiger partial charge in [-0.3, -0.25) is 4.79 Å². The number of hydrogen-bond donors (Lipinski definition) is 0. The number of esters is 1. The minimum atomic E-state index is -0.586. The van der Waals surface area contributed by atoms with Crippen LogP contribution in [0.3, 0.4) is 0 Å². The third-order valence-electron chi connectivity index (χ3n) is 4.25. The Morgan fingerprint density at radius 1 is 0.964 bits per heavy atom. The zero-order valence-electron chi connectivity index (χ0n) is 17.2.